The van der Waals surface area contributed by atoms with Crippen LogP contribution in [0.15, 0.2) is 53.6 Å². The minimum atomic E-state index is -0.435. The number of hydrogen-bond acceptors (Lipinski definition) is 4. The van der Waals surface area contributed by atoms with Gasteiger partial charge in [0, 0.05) is 17.8 Å². The van der Waals surface area contributed by atoms with Crippen LogP contribution in [0.2, 0.25) is 0 Å². The van der Waals surface area contributed by atoms with Crippen molar-refractivity contribution < 1.29 is 4.92 Å². The van der Waals surface area contributed by atoms with Crippen LogP contribution < -0.4 is 10.7 Å². The van der Waals surface area contributed by atoms with E-state index in [9.17, 15) is 10.1 Å². The van der Waals surface area contributed by atoms with E-state index in [-0.39, 0.29) is 5.69 Å². The number of hydrogen-bond donors (Lipinski definition) is 2. The SMILES string of the molecule is C/C(=N\NC(=S)Nc1cccc(C)c1)c1ccc([N+](=O)[O-])cc1. The Morgan fingerprint density at radius 2 is 1.91 bits per heavy atom. The molecule has 0 fully saturated rings. The highest BCUT2D eigenvalue weighted by atomic mass is 32.1. The molecule has 0 aliphatic carbocycles. The van der Waals surface area contributed by atoms with E-state index in [1.54, 1.807) is 19.1 Å². The molecule has 0 atom stereocenters. The van der Waals surface area contributed by atoms with Crippen molar-refractivity contribution in [2.45, 2.75) is 13.8 Å². The zero-order valence-corrected chi connectivity index (χ0v) is 13.6. The van der Waals surface area contributed by atoms with Gasteiger partial charge in [-0.05, 0) is 61.5 Å². The summed E-state index contributed by atoms with van der Waals surface area (Å²) in [4.78, 5) is 10.2. The van der Waals surface area contributed by atoms with E-state index >= 15 is 0 Å². The summed E-state index contributed by atoms with van der Waals surface area (Å²) in [6.07, 6.45) is 0. The topological polar surface area (TPSA) is 79.6 Å². The third kappa shape index (κ3) is 4.86. The summed E-state index contributed by atoms with van der Waals surface area (Å²) >= 11 is 5.18. The van der Waals surface area contributed by atoms with Gasteiger partial charge in [0.15, 0.2) is 5.11 Å². The summed E-state index contributed by atoms with van der Waals surface area (Å²) in [5, 5.41) is 18.2. The van der Waals surface area contributed by atoms with Crippen LogP contribution in [0.25, 0.3) is 0 Å². The Balaban J connectivity index is 1.98. The maximum atomic E-state index is 10.6. The van der Waals surface area contributed by atoms with Gasteiger partial charge in [-0.25, -0.2) is 0 Å². The summed E-state index contributed by atoms with van der Waals surface area (Å²) in [6, 6.07) is 14.0. The van der Waals surface area contributed by atoms with Crippen molar-refractivity contribution in [3.8, 4) is 0 Å². The van der Waals surface area contributed by atoms with Gasteiger partial charge in [0.25, 0.3) is 5.69 Å². The number of aryl methyl sites for hydroxylation is 1. The maximum absolute atomic E-state index is 10.6. The molecule has 0 saturated heterocycles. The van der Waals surface area contributed by atoms with Gasteiger partial charge < -0.3 is 5.32 Å². The molecular weight excluding hydrogens is 312 g/mol. The van der Waals surface area contributed by atoms with Crippen LogP contribution in [0.3, 0.4) is 0 Å². The van der Waals surface area contributed by atoms with Crippen molar-refractivity contribution in [1.82, 2.24) is 5.43 Å². The third-order valence-electron chi connectivity index (χ3n) is 3.10. The molecule has 0 aromatic heterocycles. The zero-order chi connectivity index (χ0) is 16.8. The fraction of sp³-hybridized carbons (Fsp3) is 0.125. The predicted octanol–water partition coefficient (Wildman–Crippen LogP) is 3.61. The first-order valence-electron chi connectivity index (χ1n) is 6.88. The molecule has 0 saturated carbocycles. The molecule has 2 N–H and O–H groups in total. The molecule has 0 unspecified atom stereocenters. The summed E-state index contributed by atoms with van der Waals surface area (Å²) in [6.45, 7) is 3.79. The number of rotatable bonds is 4. The molecule has 0 radical (unpaired) electrons. The summed E-state index contributed by atoms with van der Waals surface area (Å²) in [5.41, 5.74) is 6.27. The number of thiocarbonyl (C=S) groups is 1. The number of nitro groups is 1. The standard InChI is InChI=1S/C16H16N4O2S/c1-11-4-3-5-14(10-11)17-16(23)19-18-12(2)13-6-8-15(9-7-13)20(21)22/h3-10H,1-2H3,(H2,17,19,23)/b18-12+. The molecule has 0 spiro atoms. The molecule has 0 amide bonds. The van der Waals surface area contributed by atoms with Crippen LogP contribution in [0.1, 0.15) is 18.1 Å². The summed E-state index contributed by atoms with van der Waals surface area (Å²) in [5.74, 6) is 0. The normalized spacial score (nSPS) is 11.0. The van der Waals surface area contributed by atoms with Crippen molar-refractivity contribution in [3.63, 3.8) is 0 Å². The lowest BCUT2D eigenvalue weighted by Crippen LogP contribution is -2.25. The largest absolute Gasteiger partial charge is 0.331 e. The molecule has 118 valence electrons. The lowest BCUT2D eigenvalue weighted by Gasteiger charge is -2.08. The van der Waals surface area contributed by atoms with E-state index in [2.05, 4.69) is 15.8 Å². The number of nitrogens with one attached hydrogen (secondary N) is 2. The first-order valence-corrected chi connectivity index (χ1v) is 7.29. The molecule has 2 rings (SSSR count). The first kappa shape index (κ1) is 16.6. The van der Waals surface area contributed by atoms with Gasteiger partial charge in [0.2, 0.25) is 0 Å². The average molecular weight is 328 g/mol. The van der Waals surface area contributed by atoms with Gasteiger partial charge in [-0.15, -0.1) is 0 Å². The van der Waals surface area contributed by atoms with Crippen molar-refractivity contribution in [2.24, 2.45) is 5.10 Å². The van der Waals surface area contributed by atoms with E-state index in [1.165, 1.54) is 12.1 Å². The van der Waals surface area contributed by atoms with Gasteiger partial charge in [-0.3, -0.25) is 15.5 Å². The smallest absolute Gasteiger partial charge is 0.269 e. The monoisotopic (exact) mass is 328 g/mol. The Morgan fingerprint density at radius 3 is 2.52 bits per heavy atom. The van der Waals surface area contributed by atoms with Gasteiger partial charge in [0.05, 0.1) is 10.6 Å². The second-order valence-electron chi connectivity index (χ2n) is 4.94. The second kappa shape index (κ2) is 7.46. The lowest BCUT2D eigenvalue weighted by atomic mass is 10.1. The number of nitro benzene ring substituents is 1. The first-order chi connectivity index (χ1) is 11.0. The Morgan fingerprint density at radius 1 is 1.22 bits per heavy atom. The van der Waals surface area contributed by atoms with Crippen molar-refractivity contribution in [3.05, 3.63) is 69.8 Å². The Hall–Kier alpha value is -2.80. The van der Waals surface area contributed by atoms with Crippen molar-refractivity contribution >= 4 is 34.4 Å². The summed E-state index contributed by atoms with van der Waals surface area (Å²) < 4.78 is 0. The van der Waals surface area contributed by atoms with Crippen LogP contribution in [0.5, 0.6) is 0 Å². The Kier molecular flexibility index (Phi) is 5.37. The van der Waals surface area contributed by atoms with E-state index in [4.69, 9.17) is 12.2 Å². The van der Waals surface area contributed by atoms with Crippen LogP contribution in [0, 0.1) is 17.0 Å². The zero-order valence-electron chi connectivity index (χ0n) is 12.7. The highest BCUT2D eigenvalue weighted by molar-refractivity contribution is 7.80. The van der Waals surface area contributed by atoms with Crippen LogP contribution in [0.4, 0.5) is 11.4 Å². The van der Waals surface area contributed by atoms with E-state index in [0.29, 0.717) is 10.8 Å². The minimum absolute atomic E-state index is 0.0474. The molecule has 0 aliphatic heterocycles. The van der Waals surface area contributed by atoms with Crippen LogP contribution in [-0.4, -0.2) is 15.7 Å². The van der Waals surface area contributed by atoms with Gasteiger partial charge in [0.1, 0.15) is 0 Å². The molecule has 2 aromatic rings. The molecule has 6 nitrogen and oxygen atoms in total. The fourth-order valence-corrected chi connectivity index (χ4v) is 2.07. The summed E-state index contributed by atoms with van der Waals surface area (Å²) in [7, 11) is 0. The van der Waals surface area contributed by atoms with E-state index < -0.39 is 4.92 Å². The molecule has 2 aromatic carbocycles. The van der Waals surface area contributed by atoms with Gasteiger partial charge in [-0.1, -0.05) is 12.1 Å². The predicted molar refractivity (Wildman–Crippen MR) is 95.8 cm³/mol. The maximum Gasteiger partial charge on any atom is 0.269 e. The minimum Gasteiger partial charge on any atom is -0.331 e. The van der Waals surface area contributed by atoms with Crippen molar-refractivity contribution in [2.75, 3.05) is 5.32 Å². The molecular formula is C16H16N4O2S. The highest BCUT2D eigenvalue weighted by Gasteiger charge is 2.05. The fourth-order valence-electron chi connectivity index (χ4n) is 1.91. The van der Waals surface area contributed by atoms with Crippen molar-refractivity contribution in [1.29, 1.82) is 0 Å². The van der Waals surface area contributed by atoms with Gasteiger partial charge in [-0.2, -0.15) is 5.10 Å². The molecule has 0 aliphatic rings. The van der Waals surface area contributed by atoms with E-state index in [1.807, 2.05) is 31.2 Å². The molecule has 0 heterocycles. The Bertz CT molecular complexity index is 757. The van der Waals surface area contributed by atoms with Crippen LogP contribution in [-0.2, 0) is 0 Å². The second-order valence-corrected chi connectivity index (χ2v) is 5.34. The number of benzene rings is 2. The average Bonchev–Trinajstić information content (AvgIpc) is 2.52. The van der Waals surface area contributed by atoms with Crippen LogP contribution >= 0.6 is 12.2 Å². The third-order valence-corrected chi connectivity index (χ3v) is 3.29. The number of hydrazone groups is 1. The number of non-ortho nitro benzene ring substituents is 1. The van der Waals surface area contributed by atoms with Gasteiger partial charge >= 0.3 is 0 Å². The number of anilines is 1. The lowest BCUT2D eigenvalue weighted by molar-refractivity contribution is -0.384. The highest BCUT2D eigenvalue weighted by Crippen LogP contribution is 2.12. The van der Waals surface area contributed by atoms with E-state index in [0.717, 1.165) is 16.8 Å². The number of nitrogens with zero attached hydrogens (tertiary/aromatic N) is 2. The molecule has 23 heavy (non-hydrogen) atoms. The molecule has 7 heteroatoms. The Labute approximate surface area is 139 Å². The quantitative estimate of drug-likeness (QED) is 0.388. The molecule has 0 bridgehead atoms.